The van der Waals surface area contributed by atoms with E-state index in [2.05, 4.69) is 46.0 Å². The Morgan fingerprint density at radius 1 is 1.32 bits per heavy atom. The van der Waals surface area contributed by atoms with Crippen molar-refractivity contribution in [3.8, 4) is 11.8 Å². The second-order valence-electron chi connectivity index (χ2n) is 10.1. The second kappa shape index (κ2) is 11.4. The smallest absolute Gasteiger partial charge is 0.165 e. The van der Waals surface area contributed by atoms with E-state index < -0.39 is 5.82 Å². The van der Waals surface area contributed by atoms with Crippen LogP contribution in [0.3, 0.4) is 0 Å². The molecule has 0 amide bonds. The standard InChI is InChI=1S/C29H31ClFN5O/c1-29(12-14-36(4)18-29)11-10-20-17-26-23(16-21(20)15-22(37)7-6-13-35(2)3)28(33-19-32-26)34-25-9-5-8-24(30)27(25)31/h5-9,16-17,19H,12-15,18H2,1-4H3,(H,32,33,34)/b7-6+/t29-/m0/s1. The zero-order valence-corrected chi connectivity index (χ0v) is 22.4. The van der Waals surface area contributed by atoms with Gasteiger partial charge >= 0.3 is 0 Å². The number of hydrogen-bond acceptors (Lipinski definition) is 6. The molecule has 0 aliphatic carbocycles. The van der Waals surface area contributed by atoms with Crippen molar-refractivity contribution in [2.24, 2.45) is 5.41 Å². The summed E-state index contributed by atoms with van der Waals surface area (Å²) in [4.78, 5) is 25.9. The quantitative estimate of drug-likeness (QED) is 0.346. The molecule has 1 aliphatic rings. The monoisotopic (exact) mass is 519 g/mol. The summed E-state index contributed by atoms with van der Waals surface area (Å²) in [6.45, 7) is 4.75. The van der Waals surface area contributed by atoms with Gasteiger partial charge in [-0.1, -0.05) is 35.6 Å². The predicted molar refractivity (Wildman–Crippen MR) is 148 cm³/mol. The molecule has 2 aromatic carbocycles. The highest BCUT2D eigenvalue weighted by molar-refractivity contribution is 6.31. The first-order valence-electron chi connectivity index (χ1n) is 12.2. The number of fused-ring (bicyclic) bond motifs is 1. The lowest BCUT2D eigenvalue weighted by Gasteiger charge is -2.16. The van der Waals surface area contributed by atoms with Crippen LogP contribution in [0.25, 0.3) is 10.9 Å². The number of nitrogens with one attached hydrogen (secondary N) is 1. The van der Waals surface area contributed by atoms with Crippen molar-refractivity contribution in [2.45, 2.75) is 19.8 Å². The highest BCUT2D eigenvalue weighted by Crippen LogP contribution is 2.31. The number of hydrogen-bond donors (Lipinski definition) is 1. The molecule has 1 fully saturated rings. The zero-order chi connectivity index (χ0) is 26.6. The maximum atomic E-state index is 14.6. The number of halogens is 2. The predicted octanol–water partition coefficient (Wildman–Crippen LogP) is 5.09. The molecule has 37 heavy (non-hydrogen) atoms. The number of carbonyl (C=O) groups excluding carboxylic acids is 1. The number of likely N-dealkylation sites (tertiary alicyclic amines) is 1. The highest BCUT2D eigenvalue weighted by Gasteiger charge is 2.30. The third-order valence-corrected chi connectivity index (χ3v) is 6.66. The van der Waals surface area contributed by atoms with Crippen LogP contribution in [-0.2, 0) is 11.2 Å². The summed E-state index contributed by atoms with van der Waals surface area (Å²) in [5.74, 6) is 6.65. The van der Waals surface area contributed by atoms with E-state index in [-0.39, 0.29) is 28.3 Å². The molecule has 1 aromatic heterocycles. The summed E-state index contributed by atoms with van der Waals surface area (Å²) < 4.78 is 14.6. The summed E-state index contributed by atoms with van der Waals surface area (Å²) >= 11 is 5.96. The third kappa shape index (κ3) is 6.72. The Morgan fingerprint density at radius 2 is 2.14 bits per heavy atom. The van der Waals surface area contributed by atoms with Gasteiger partial charge in [-0.25, -0.2) is 14.4 Å². The first-order chi connectivity index (χ1) is 17.6. The van der Waals surface area contributed by atoms with E-state index in [1.165, 1.54) is 12.4 Å². The second-order valence-corrected chi connectivity index (χ2v) is 10.5. The highest BCUT2D eigenvalue weighted by atomic mass is 35.5. The SMILES string of the molecule is CN(C)C/C=C/C(=O)Cc1cc2c(Nc3cccc(Cl)c3F)ncnc2cc1C#C[C@@]1(C)CCN(C)C1. The van der Waals surface area contributed by atoms with E-state index in [4.69, 9.17) is 11.6 Å². The van der Waals surface area contributed by atoms with Crippen LogP contribution in [0.5, 0.6) is 0 Å². The Bertz CT molecular complexity index is 1410. The lowest BCUT2D eigenvalue weighted by molar-refractivity contribution is -0.114. The van der Waals surface area contributed by atoms with Crippen molar-refractivity contribution in [2.75, 3.05) is 46.1 Å². The van der Waals surface area contributed by atoms with Gasteiger partial charge in [0.05, 0.1) is 16.2 Å². The molecular formula is C29H31ClFN5O. The van der Waals surface area contributed by atoms with Gasteiger partial charge in [0.1, 0.15) is 12.1 Å². The van der Waals surface area contributed by atoms with Gasteiger partial charge in [0.25, 0.3) is 0 Å². The molecule has 192 valence electrons. The van der Waals surface area contributed by atoms with E-state index in [1.54, 1.807) is 18.2 Å². The molecule has 0 unspecified atom stereocenters. The minimum atomic E-state index is -0.561. The molecule has 1 aliphatic heterocycles. The minimum absolute atomic E-state index is 0.0165. The molecule has 4 rings (SSSR count). The Balaban J connectivity index is 1.75. The number of allylic oxidation sites excluding steroid dienone is 1. The molecule has 6 nitrogen and oxygen atoms in total. The van der Waals surface area contributed by atoms with Gasteiger partial charge in [-0.05, 0) is 76.9 Å². The van der Waals surface area contributed by atoms with Crippen LogP contribution in [0, 0.1) is 23.1 Å². The number of rotatable bonds is 7. The van der Waals surface area contributed by atoms with Crippen molar-refractivity contribution < 1.29 is 9.18 Å². The molecule has 2 heterocycles. The third-order valence-electron chi connectivity index (χ3n) is 6.37. The molecule has 0 saturated carbocycles. The van der Waals surface area contributed by atoms with Crippen molar-refractivity contribution in [3.63, 3.8) is 0 Å². The van der Waals surface area contributed by atoms with Gasteiger partial charge < -0.3 is 15.1 Å². The fraction of sp³-hybridized carbons (Fsp3) is 0.345. The number of nitrogens with zero attached hydrogens (tertiary/aromatic N) is 4. The number of aromatic nitrogens is 2. The van der Waals surface area contributed by atoms with E-state index in [0.29, 0.717) is 23.3 Å². The van der Waals surface area contributed by atoms with Crippen LogP contribution in [0.1, 0.15) is 24.5 Å². The Morgan fingerprint density at radius 3 is 2.86 bits per heavy atom. The molecule has 8 heteroatoms. The average Bonchev–Trinajstić information content (AvgIpc) is 3.19. The largest absolute Gasteiger partial charge is 0.337 e. The fourth-order valence-electron chi connectivity index (χ4n) is 4.39. The van der Waals surface area contributed by atoms with Gasteiger partial charge in [-0.15, -0.1) is 0 Å². The van der Waals surface area contributed by atoms with Crippen molar-refractivity contribution in [3.05, 3.63) is 70.8 Å². The van der Waals surface area contributed by atoms with Gasteiger partial charge in [-0.2, -0.15) is 0 Å². The van der Waals surface area contributed by atoms with E-state index in [9.17, 15) is 9.18 Å². The van der Waals surface area contributed by atoms with E-state index >= 15 is 0 Å². The van der Waals surface area contributed by atoms with E-state index in [0.717, 1.165) is 30.6 Å². The maximum Gasteiger partial charge on any atom is 0.165 e. The van der Waals surface area contributed by atoms with Gasteiger partial charge in [-0.3, -0.25) is 4.79 Å². The lowest BCUT2D eigenvalue weighted by atomic mass is 9.89. The van der Waals surface area contributed by atoms with Crippen LogP contribution in [-0.4, -0.2) is 66.3 Å². The Hall–Kier alpha value is -3.31. The molecule has 0 radical (unpaired) electrons. The summed E-state index contributed by atoms with van der Waals surface area (Å²) in [5.41, 5.74) is 2.28. The Labute approximate surface area is 222 Å². The normalized spacial score (nSPS) is 17.9. The molecular weight excluding hydrogens is 489 g/mol. The molecule has 0 bridgehead atoms. The minimum Gasteiger partial charge on any atom is -0.337 e. The summed E-state index contributed by atoms with van der Waals surface area (Å²) in [5, 5.41) is 3.72. The topological polar surface area (TPSA) is 61.4 Å². The Kier molecular flexibility index (Phi) is 8.23. The summed E-state index contributed by atoms with van der Waals surface area (Å²) in [6, 6.07) is 8.51. The molecule has 1 N–H and O–H groups in total. The number of likely N-dealkylation sites (N-methyl/N-ethyl adjacent to an activating group) is 1. The van der Waals surface area contributed by atoms with Crippen LogP contribution < -0.4 is 5.32 Å². The van der Waals surface area contributed by atoms with E-state index in [1.807, 2.05) is 37.2 Å². The molecule has 1 atom stereocenters. The van der Waals surface area contributed by atoms with Crippen LogP contribution in [0.4, 0.5) is 15.9 Å². The van der Waals surface area contributed by atoms with Crippen molar-refractivity contribution >= 4 is 39.8 Å². The summed E-state index contributed by atoms with van der Waals surface area (Å²) in [6.07, 6.45) is 6.05. The number of ketones is 1. The maximum absolute atomic E-state index is 14.6. The van der Waals surface area contributed by atoms with Crippen LogP contribution in [0.15, 0.2) is 48.8 Å². The molecule has 1 saturated heterocycles. The first kappa shape index (κ1) is 26.7. The number of anilines is 2. The van der Waals surface area contributed by atoms with Crippen molar-refractivity contribution in [1.82, 2.24) is 19.8 Å². The average molecular weight is 520 g/mol. The van der Waals surface area contributed by atoms with Gasteiger partial charge in [0.15, 0.2) is 11.6 Å². The number of benzene rings is 2. The fourth-order valence-corrected chi connectivity index (χ4v) is 4.57. The lowest BCUT2D eigenvalue weighted by Crippen LogP contribution is -2.20. The zero-order valence-electron chi connectivity index (χ0n) is 21.6. The molecule has 3 aromatic rings. The molecule has 0 spiro atoms. The van der Waals surface area contributed by atoms with Gasteiger partial charge in [0, 0.05) is 35.9 Å². The van der Waals surface area contributed by atoms with Crippen LogP contribution >= 0.6 is 11.6 Å². The summed E-state index contributed by atoms with van der Waals surface area (Å²) in [7, 11) is 6.00. The van der Waals surface area contributed by atoms with Gasteiger partial charge in [0.2, 0.25) is 0 Å². The first-order valence-corrected chi connectivity index (χ1v) is 12.6. The van der Waals surface area contributed by atoms with Crippen molar-refractivity contribution in [1.29, 1.82) is 0 Å². The van der Waals surface area contributed by atoms with Crippen LogP contribution in [0.2, 0.25) is 5.02 Å². The number of carbonyl (C=O) groups is 1.